The fourth-order valence-corrected chi connectivity index (χ4v) is 2.41. The maximum absolute atomic E-state index is 6.19. The number of H-pyrrole nitrogens is 1. The molecule has 0 aliphatic heterocycles. The lowest BCUT2D eigenvalue weighted by atomic mass is 10.1. The van der Waals surface area contributed by atoms with E-state index in [0.29, 0.717) is 0 Å². The van der Waals surface area contributed by atoms with Gasteiger partial charge in [-0.3, -0.25) is 4.98 Å². The Morgan fingerprint density at radius 3 is 3.00 bits per heavy atom. The summed E-state index contributed by atoms with van der Waals surface area (Å²) in [6, 6.07) is 9.96. The first kappa shape index (κ1) is 12.0. The fourth-order valence-electron chi connectivity index (χ4n) is 2.05. The molecule has 19 heavy (non-hydrogen) atoms. The number of nitrogens with zero attached hydrogens (tertiary/aromatic N) is 1. The van der Waals surface area contributed by atoms with Crippen LogP contribution in [0.2, 0.25) is 0 Å². The van der Waals surface area contributed by atoms with Crippen LogP contribution in [0.1, 0.15) is 11.1 Å². The van der Waals surface area contributed by atoms with Crippen molar-refractivity contribution in [1.82, 2.24) is 9.97 Å². The Morgan fingerprint density at radius 2 is 2.21 bits per heavy atom. The van der Waals surface area contributed by atoms with E-state index in [4.69, 9.17) is 5.73 Å². The first-order chi connectivity index (χ1) is 9.24. The number of benzene rings is 1. The number of aromatic amines is 1. The number of nitrogens with one attached hydrogen (secondary N) is 1. The Kier molecular flexibility index (Phi) is 3.09. The molecule has 0 unspecified atom stereocenters. The van der Waals surface area contributed by atoms with E-state index in [9.17, 15) is 0 Å². The Balaban J connectivity index is 2.09. The average Bonchev–Trinajstić information content (AvgIpc) is 2.82. The molecule has 2 heterocycles. The molecule has 0 aliphatic rings. The van der Waals surface area contributed by atoms with Crippen molar-refractivity contribution in [3.63, 3.8) is 0 Å². The van der Waals surface area contributed by atoms with Crippen molar-refractivity contribution in [1.29, 1.82) is 0 Å². The molecule has 0 aliphatic carbocycles. The summed E-state index contributed by atoms with van der Waals surface area (Å²) >= 11 is 3.48. The van der Waals surface area contributed by atoms with Gasteiger partial charge in [0.15, 0.2) is 0 Å². The zero-order chi connectivity index (χ0) is 13.2. The summed E-state index contributed by atoms with van der Waals surface area (Å²) in [4.78, 5) is 7.30. The molecule has 1 aromatic carbocycles. The summed E-state index contributed by atoms with van der Waals surface area (Å²) in [5.74, 6) is 0. The van der Waals surface area contributed by atoms with Crippen molar-refractivity contribution in [3.05, 3.63) is 64.5 Å². The van der Waals surface area contributed by atoms with Gasteiger partial charge < -0.3 is 10.7 Å². The van der Waals surface area contributed by atoms with Gasteiger partial charge in [0.1, 0.15) is 0 Å². The van der Waals surface area contributed by atoms with E-state index in [0.717, 1.165) is 32.2 Å². The van der Waals surface area contributed by atoms with Gasteiger partial charge in [-0.25, -0.2) is 0 Å². The summed E-state index contributed by atoms with van der Waals surface area (Å²) < 4.78 is 1.04. The van der Waals surface area contributed by atoms with Crippen LogP contribution in [-0.2, 0) is 0 Å². The lowest BCUT2D eigenvalue weighted by Crippen LogP contribution is -1.95. The monoisotopic (exact) mass is 313 g/mol. The number of hydrogen-bond acceptors (Lipinski definition) is 2. The summed E-state index contributed by atoms with van der Waals surface area (Å²) in [5.41, 5.74) is 9.97. The molecule has 0 saturated carbocycles. The second-order valence-corrected chi connectivity index (χ2v) is 5.19. The molecule has 3 aromatic rings. The van der Waals surface area contributed by atoms with Gasteiger partial charge in [0.05, 0.1) is 0 Å². The molecule has 2 aromatic heterocycles. The topological polar surface area (TPSA) is 54.7 Å². The number of aromatic nitrogens is 2. The average molecular weight is 314 g/mol. The van der Waals surface area contributed by atoms with Crippen molar-refractivity contribution < 1.29 is 0 Å². The van der Waals surface area contributed by atoms with Crippen LogP contribution >= 0.6 is 15.9 Å². The van der Waals surface area contributed by atoms with Crippen molar-refractivity contribution in [2.75, 3.05) is 0 Å². The Hall–Kier alpha value is -2.07. The minimum atomic E-state index is 0.720. The van der Waals surface area contributed by atoms with Gasteiger partial charge in [-0.05, 0) is 35.9 Å². The molecule has 3 rings (SSSR count). The minimum Gasteiger partial charge on any atom is -0.398 e. The molecule has 4 heteroatoms. The quantitative estimate of drug-likeness (QED) is 0.756. The number of fused-ring (bicyclic) bond motifs is 1. The lowest BCUT2D eigenvalue weighted by Gasteiger charge is -2.01. The van der Waals surface area contributed by atoms with E-state index >= 15 is 0 Å². The summed E-state index contributed by atoms with van der Waals surface area (Å²) in [5, 5.41) is 1.10. The van der Waals surface area contributed by atoms with Crippen molar-refractivity contribution in [3.8, 4) is 0 Å². The zero-order valence-corrected chi connectivity index (χ0v) is 11.7. The molecule has 0 amide bonds. The molecule has 3 nitrogen and oxygen atoms in total. The van der Waals surface area contributed by atoms with E-state index in [2.05, 4.69) is 32.0 Å². The highest BCUT2D eigenvalue weighted by Gasteiger charge is 2.06. The maximum atomic E-state index is 6.19. The molecule has 3 N–H and O–H groups in total. The molecule has 0 spiro atoms. The van der Waals surface area contributed by atoms with Gasteiger partial charge in [0, 0.05) is 45.2 Å². The van der Waals surface area contributed by atoms with Gasteiger partial charge in [0.2, 0.25) is 0 Å². The lowest BCUT2D eigenvalue weighted by molar-refractivity contribution is 1.32. The molecule has 0 saturated heterocycles. The van der Waals surface area contributed by atoms with Crippen LogP contribution in [0.4, 0.5) is 0 Å². The third-order valence-electron chi connectivity index (χ3n) is 2.96. The number of hydrogen-bond donors (Lipinski definition) is 2. The highest BCUT2D eigenvalue weighted by Crippen LogP contribution is 2.26. The van der Waals surface area contributed by atoms with Crippen LogP contribution in [0, 0.1) is 0 Å². The number of rotatable bonds is 2. The van der Waals surface area contributed by atoms with Gasteiger partial charge in [-0.2, -0.15) is 0 Å². The van der Waals surface area contributed by atoms with E-state index in [-0.39, 0.29) is 0 Å². The van der Waals surface area contributed by atoms with Gasteiger partial charge >= 0.3 is 0 Å². The zero-order valence-electron chi connectivity index (χ0n) is 10.1. The highest BCUT2D eigenvalue weighted by atomic mass is 79.9. The van der Waals surface area contributed by atoms with E-state index < -0.39 is 0 Å². The molecular weight excluding hydrogens is 302 g/mol. The predicted molar refractivity (Wildman–Crippen MR) is 82.3 cm³/mol. The van der Waals surface area contributed by atoms with E-state index in [1.54, 1.807) is 12.4 Å². The smallest absolute Gasteiger partial charge is 0.0461 e. The molecule has 0 atom stereocenters. The number of pyridine rings is 1. The largest absolute Gasteiger partial charge is 0.398 e. The summed E-state index contributed by atoms with van der Waals surface area (Å²) in [6.45, 7) is 0. The SMILES string of the molecule is N/C(=C\c1cccnc1)c1c[nH]c2ccc(Br)cc12. The maximum Gasteiger partial charge on any atom is 0.0461 e. The van der Waals surface area contributed by atoms with Crippen LogP contribution < -0.4 is 5.73 Å². The van der Waals surface area contributed by atoms with Crippen molar-refractivity contribution in [2.45, 2.75) is 0 Å². The van der Waals surface area contributed by atoms with Crippen molar-refractivity contribution in [2.24, 2.45) is 5.73 Å². The third-order valence-corrected chi connectivity index (χ3v) is 3.45. The first-order valence-electron chi connectivity index (χ1n) is 5.88. The Labute approximate surface area is 119 Å². The fraction of sp³-hybridized carbons (Fsp3) is 0. The van der Waals surface area contributed by atoms with Gasteiger partial charge in [-0.15, -0.1) is 0 Å². The van der Waals surface area contributed by atoms with E-state index in [1.807, 2.05) is 36.5 Å². The minimum absolute atomic E-state index is 0.720. The molecule has 0 fully saturated rings. The van der Waals surface area contributed by atoms with Crippen LogP contribution in [0.3, 0.4) is 0 Å². The second-order valence-electron chi connectivity index (χ2n) is 4.28. The van der Waals surface area contributed by atoms with Gasteiger partial charge in [-0.1, -0.05) is 22.0 Å². The Morgan fingerprint density at radius 1 is 1.32 bits per heavy atom. The predicted octanol–water partition coefficient (Wildman–Crippen LogP) is 3.78. The van der Waals surface area contributed by atoms with Gasteiger partial charge in [0.25, 0.3) is 0 Å². The number of nitrogens with two attached hydrogens (primary N) is 1. The molecule has 0 bridgehead atoms. The third kappa shape index (κ3) is 2.39. The molecular formula is C15H12BrN3. The second kappa shape index (κ2) is 4.90. The van der Waals surface area contributed by atoms with Crippen molar-refractivity contribution >= 4 is 38.6 Å². The summed E-state index contributed by atoms with van der Waals surface area (Å²) in [6.07, 6.45) is 7.39. The van der Waals surface area contributed by atoms with E-state index in [1.165, 1.54) is 0 Å². The number of halogens is 1. The molecule has 94 valence electrons. The van der Waals surface area contributed by atoms with Crippen LogP contribution in [0.15, 0.2) is 53.4 Å². The standard InChI is InChI=1S/C15H12BrN3/c16-11-3-4-15-12(7-11)13(9-19-15)14(17)6-10-2-1-5-18-8-10/h1-9,19H,17H2/b14-6-. The molecule has 0 radical (unpaired) electrons. The highest BCUT2D eigenvalue weighted by molar-refractivity contribution is 9.10. The van der Waals surface area contributed by atoms with Crippen LogP contribution in [-0.4, -0.2) is 9.97 Å². The van der Waals surface area contributed by atoms with Crippen LogP contribution in [0.5, 0.6) is 0 Å². The first-order valence-corrected chi connectivity index (χ1v) is 6.67. The van der Waals surface area contributed by atoms with Crippen LogP contribution in [0.25, 0.3) is 22.7 Å². The Bertz CT molecular complexity index is 744. The normalized spacial score (nSPS) is 11.9. The summed E-state index contributed by atoms with van der Waals surface area (Å²) in [7, 11) is 0.